The highest BCUT2D eigenvalue weighted by molar-refractivity contribution is 9.10. The van der Waals surface area contributed by atoms with Gasteiger partial charge in [0.25, 0.3) is 11.8 Å². The molecule has 33 heavy (non-hydrogen) atoms. The fourth-order valence-electron chi connectivity index (χ4n) is 3.48. The topological polar surface area (TPSA) is 67.9 Å². The molecule has 3 aromatic carbocycles. The van der Waals surface area contributed by atoms with Crippen molar-refractivity contribution < 1.29 is 19.1 Å². The van der Waals surface area contributed by atoms with Crippen LogP contribution in [-0.4, -0.2) is 18.4 Å². The number of rotatable bonds is 7. The molecule has 7 heteroatoms. The molecule has 4 rings (SSSR count). The number of halogens is 1. The van der Waals surface area contributed by atoms with Crippen molar-refractivity contribution in [3.63, 3.8) is 0 Å². The Bertz CT molecular complexity index is 1220. The van der Waals surface area contributed by atoms with E-state index in [1.54, 1.807) is 42.5 Å². The van der Waals surface area contributed by atoms with Crippen LogP contribution in [0.3, 0.4) is 0 Å². The molecule has 3 aromatic rings. The van der Waals surface area contributed by atoms with E-state index >= 15 is 0 Å². The van der Waals surface area contributed by atoms with Crippen LogP contribution in [0.25, 0.3) is 6.08 Å². The molecule has 1 aliphatic heterocycles. The van der Waals surface area contributed by atoms with Gasteiger partial charge in [-0.05, 0) is 76.8 Å². The molecule has 2 amide bonds. The predicted molar refractivity (Wildman–Crippen MR) is 131 cm³/mol. The van der Waals surface area contributed by atoms with Crippen molar-refractivity contribution in [2.45, 2.75) is 20.5 Å². The first-order valence-corrected chi connectivity index (χ1v) is 11.3. The fourth-order valence-corrected chi connectivity index (χ4v) is 4.05. The summed E-state index contributed by atoms with van der Waals surface area (Å²) in [6.45, 7) is 4.75. The minimum Gasteiger partial charge on any atom is -0.490 e. The summed E-state index contributed by atoms with van der Waals surface area (Å²) in [6, 6.07) is 20.5. The van der Waals surface area contributed by atoms with E-state index < -0.39 is 11.8 Å². The Morgan fingerprint density at radius 1 is 1.00 bits per heavy atom. The van der Waals surface area contributed by atoms with Crippen LogP contribution < -0.4 is 19.9 Å². The van der Waals surface area contributed by atoms with Crippen molar-refractivity contribution >= 4 is 39.5 Å². The highest BCUT2D eigenvalue weighted by atomic mass is 79.9. The molecule has 1 aliphatic rings. The lowest BCUT2D eigenvalue weighted by Crippen LogP contribution is -2.35. The summed E-state index contributed by atoms with van der Waals surface area (Å²) in [5, 5.41) is 1.24. The van der Waals surface area contributed by atoms with E-state index in [9.17, 15) is 9.59 Å². The number of amides is 2. The maximum atomic E-state index is 12.9. The lowest BCUT2D eigenvalue weighted by atomic mass is 10.1. The number of para-hydroxylation sites is 1. The number of anilines is 1. The second-order valence-electron chi connectivity index (χ2n) is 7.45. The minimum atomic E-state index is -0.460. The SMILES string of the molecule is CCOc1cc(C=C2C(=O)NN(c3ccccc3)C2=O)cc(Br)c1OCc1ccccc1C. The summed E-state index contributed by atoms with van der Waals surface area (Å²) in [4.78, 5) is 25.4. The highest BCUT2D eigenvalue weighted by Crippen LogP contribution is 2.38. The van der Waals surface area contributed by atoms with E-state index in [-0.39, 0.29) is 5.57 Å². The van der Waals surface area contributed by atoms with E-state index in [0.29, 0.717) is 40.4 Å². The number of hydrogen-bond donors (Lipinski definition) is 1. The van der Waals surface area contributed by atoms with Crippen LogP contribution >= 0.6 is 15.9 Å². The van der Waals surface area contributed by atoms with Crippen molar-refractivity contribution in [1.29, 1.82) is 0 Å². The van der Waals surface area contributed by atoms with E-state index in [0.717, 1.165) is 11.1 Å². The van der Waals surface area contributed by atoms with E-state index in [1.165, 1.54) is 5.01 Å². The molecule has 168 valence electrons. The first-order valence-electron chi connectivity index (χ1n) is 10.5. The van der Waals surface area contributed by atoms with Gasteiger partial charge in [0.2, 0.25) is 0 Å². The number of carbonyl (C=O) groups excluding carboxylic acids is 2. The van der Waals surface area contributed by atoms with Crippen molar-refractivity contribution in [2.75, 3.05) is 11.6 Å². The lowest BCUT2D eigenvalue weighted by molar-refractivity contribution is -0.117. The number of nitrogens with one attached hydrogen (secondary N) is 1. The van der Waals surface area contributed by atoms with Crippen molar-refractivity contribution in [2.24, 2.45) is 0 Å². The van der Waals surface area contributed by atoms with Gasteiger partial charge in [0.1, 0.15) is 12.2 Å². The number of benzene rings is 3. The second-order valence-corrected chi connectivity index (χ2v) is 8.31. The molecule has 0 atom stereocenters. The maximum absolute atomic E-state index is 12.9. The molecule has 1 heterocycles. The molecule has 1 fully saturated rings. The van der Waals surface area contributed by atoms with Gasteiger partial charge in [0.15, 0.2) is 11.5 Å². The first kappa shape index (κ1) is 22.6. The van der Waals surface area contributed by atoms with E-state index in [2.05, 4.69) is 21.4 Å². The molecule has 0 spiro atoms. The number of aryl methyl sites for hydroxylation is 1. The van der Waals surface area contributed by atoms with Crippen LogP contribution in [0.15, 0.2) is 76.8 Å². The predicted octanol–water partition coefficient (Wildman–Crippen LogP) is 5.20. The Labute approximate surface area is 200 Å². The van der Waals surface area contributed by atoms with Crippen molar-refractivity contribution in [3.05, 3.63) is 93.5 Å². The summed E-state index contributed by atoms with van der Waals surface area (Å²) in [5.74, 6) is 0.214. The average Bonchev–Trinajstić information content (AvgIpc) is 3.09. The van der Waals surface area contributed by atoms with Gasteiger partial charge in [-0.2, -0.15) is 0 Å². The van der Waals surface area contributed by atoms with Crippen LogP contribution in [0.5, 0.6) is 11.5 Å². The Balaban J connectivity index is 1.62. The van der Waals surface area contributed by atoms with Crippen molar-refractivity contribution in [3.8, 4) is 11.5 Å². The lowest BCUT2D eigenvalue weighted by Gasteiger charge is -2.16. The number of hydrazine groups is 1. The summed E-state index contributed by atoms with van der Waals surface area (Å²) in [5.41, 5.74) is 6.10. The number of ether oxygens (including phenoxy) is 2. The molecule has 0 saturated carbocycles. The van der Waals surface area contributed by atoms with Gasteiger partial charge in [-0.25, -0.2) is 5.01 Å². The van der Waals surface area contributed by atoms with Crippen LogP contribution in [0, 0.1) is 6.92 Å². The van der Waals surface area contributed by atoms with Gasteiger partial charge < -0.3 is 9.47 Å². The van der Waals surface area contributed by atoms with Gasteiger partial charge in [-0.3, -0.25) is 15.0 Å². The summed E-state index contributed by atoms with van der Waals surface area (Å²) < 4.78 is 12.6. The number of carbonyl (C=O) groups is 2. The molecule has 0 aromatic heterocycles. The van der Waals surface area contributed by atoms with Crippen LogP contribution in [0.4, 0.5) is 5.69 Å². The van der Waals surface area contributed by atoms with Crippen LogP contribution in [0.1, 0.15) is 23.6 Å². The molecular weight excluding hydrogens is 484 g/mol. The third kappa shape index (κ3) is 4.93. The molecule has 1 saturated heterocycles. The largest absolute Gasteiger partial charge is 0.490 e. The molecule has 0 radical (unpaired) electrons. The Kier molecular flexibility index (Phi) is 6.79. The molecular formula is C26H23BrN2O4. The van der Waals surface area contributed by atoms with Crippen LogP contribution in [-0.2, 0) is 16.2 Å². The number of nitrogens with zero attached hydrogens (tertiary/aromatic N) is 1. The summed E-state index contributed by atoms with van der Waals surface area (Å²) >= 11 is 3.56. The summed E-state index contributed by atoms with van der Waals surface area (Å²) in [6.07, 6.45) is 1.55. The van der Waals surface area contributed by atoms with Gasteiger partial charge in [-0.1, -0.05) is 42.5 Å². The quantitative estimate of drug-likeness (QED) is 0.353. The zero-order chi connectivity index (χ0) is 23.4. The molecule has 0 bridgehead atoms. The standard InChI is InChI=1S/C26H23BrN2O4/c1-3-32-23-15-18(14-22(27)24(23)33-16-19-10-8-7-9-17(19)2)13-21-25(30)28-29(26(21)31)20-11-5-4-6-12-20/h4-15H,3,16H2,1-2H3,(H,28,30). The van der Waals surface area contributed by atoms with E-state index in [1.807, 2.05) is 44.2 Å². The zero-order valence-corrected chi connectivity index (χ0v) is 19.9. The fraction of sp³-hybridized carbons (Fsp3) is 0.154. The Morgan fingerprint density at radius 2 is 1.73 bits per heavy atom. The van der Waals surface area contributed by atoms with Gasteiger partial charge in [0, 0.05) is 0 Å². The van der Waals surface area contributed by atoms with Crippen LogP contribution in [0.2, 0.25) is 0 Å². The monoisotopic (exact) mass is 506 g/mol. The zero-order valence-electron chi connectivity index (χ0n) is 18.3. The molecule has 6 nitrogen and oxygen atoms in total. The molecule has 0 unspecified atom stereocenters. The smallest absolute Gasteiger partial charge is 0.282 e. The van der Waals surface area contributed by atoms with E-state index in [4.69, 9.17) is 9.47 Å². The normalized spacial score (nSPS) is 14.5. The Hall–Kier alpha value is -3.58. The summed E-state index contributed by atoms with van der Waals surface area (Å²) in [7, 11) is 0. The molecule has 1 N–H and O–H groups in total. The number of hydrogen-bond acceptors (Lipinski definition) is 4. The Morgan fingerprint density at radius 3 is 2.45 bits per heavy atom. The highest BCUT2D eigenvalue weighted by Gasteiger charge is 2.34. The van der Waals surface area contributed by atoms with Gasteiger partial charge in [0.05, 0.1) is 16.8 Å². The third-order valence-corrected chi connectivity index (χ3v) is 5.77. The van der Waals surface area contributed by atoms with Crippen molar-refractivity contribution in [1.82, 2.24) is 5.43 Å². The maximum Gasteiger partial charge on any atom is 0.282 e. The first-order chi connectivity index (χ1) is 16.0. The third-order valence-electron chi connectivity index (χ3n) is 5.18. The minimum absolute atomic E-state index is 0.0433. The second kappa shape index (κ2) is 9.92. The molecule has 0 aliphatic carbocycles. The van der Waals surface area contributed by atoms with Gasteiger partial charge >= 0.3 is 0 Å². The van der Waals surface area contributed by atoms with Gasteiger partial charge in [-0.15, -0.1) is 0 Å². The average molecular weight is 507 g/mol.